The van der Waals surface area contributed by atoms with Gasteiger partial charge in [-0.2, -0.15) is 0 Å². The van der Waals surface area contributed by atoms with Gasteiger partial charge in [-0.05, 0) is 48.9 Å². The molecule has 25 heavy (non-hydrogen) atoms. The third kappa shape index (κ3) is 4.41. The molecule has 3 rings (SSSR count). The van der Waals surface area contributed by atoms with Crippen LogP contribution in [0.15, 0.2) is 59.5 Å². The molecule has 1 N–H and O–H groups in total. The Morgan fingerprint density at radius 2 is 1.80 bits per heavy atom. The van der Waals surface area contributed by atoms with Crippen molar-refractivity contribution in [2.45, 2.75) is 11.8 Å². The smallest absolute Gasteiger partial charge is 0.261 e. The van der Waals surface area contributed by atoms with E-state index in [4.69, 9.17) is 4.74 Å². The zero-order valence-electron chi connectivity index (χ0n) is 14.2. The number of benzene rings is 2. The van der Waals surface area contributed by atoms with E-state index in [2.05, 4.69) is 9.62 Å². The average molecular weight is 358 g/mol. The molecule has 0 amide bonds. The largest absolute Gasteiger partial charge is 0.378 e. The second kappa shape index (κ2) is 7.72. The van der Waals surface area contributed by atoms with Crippen LogP contribution in [0.4, 0.5) is 11.4 Å². The summed E-state index contributed by atoms with van der Waals surface area (Å²) in [4.78, 5) is 2.47. The van der Waals surface area contributed by atoms with Crippen molar-refractivity contribution in [1.29, 1.82) is 0 Å². The number of hydrogen-bond acceptors (Lipinski definition) is 4. The normalized spacial score (nSPS) is 15.5. The number of hydrogen-bond donors (Lipinski definition) is 1. The van der Waals surface area contributed by atoms with E-state index in [-0.39, 0.29) is 4.90 Å². The van der Waals surface area contributed by atoms with Gasteiger partial charge in [-0.1, -0.05) is 24.3 Å². The van der Waals surface area contributed by atoms with Crippen LogP contribution in [0, 0.1) is 0 Å². The summed E-state index contributed by atoms with van der Waals surface area (Å²) in [5.41, 5.74) is 2.47. The van der Waals surface area contributed by atoms with Gasteiger partial charge in [0.2, 0.25) is 0 Å². The van der Waals surface area contributed by atoms with Crippen molar-refractivity contribution in [2.75, 3.05) is 35.9 Å². The molecular weight excluding hydrogens is 336 g/mol. The maximum absolute atomic E-state index is 12.6. The minimum atomic E-state index is -3.61. The molecule has 2 aromatic rings. The van der Waals surface area contributed by atoms with Gasteiger partial charge in [-0.25, -0.2) is 8.42 Å². The van der Waals surface area contributed by atoms with Gasteiger partial charge in [-0.15, -0.1) is 0 Å². The molecule has 0 bridgehead atoms. The molecule has 132 valence electrons. The van der Waals surface area contributed by atoms with Gasteiger partial charge >= 0.3 is 0 Å². The van der Waals surface area contributed by atoms with Gasteiger partial charge in [0.25, 0.3) is 10.0 Å². The third-order valence-corrected chi connectivity index (χ3v) is 5.40. The summed E-state index contributed by atoms with van der Waals surface area (Å²) < 4.78 is 33.2. The third-order valence-electron chi connectivity index (χ3n) is 4.02. The number of allylic oxidation sites excluding steroid dienone is 1. The van der Waals surface area contributed by atoms with Crippen LogP contribution in [0.5, 0.6) is 0 Å². The summed E-state index contributed by atoms with van der Waals surface area (Å²) in [7, 11) is -3.61. The van der Waals surface area contributed by atoms with E-state index < -0.39 is 10.0 Å². The molecule has 1 saturated heterocycles. The molecule has 0 spiro atoms. The highest BCUT2D eigenvalue weighted by molar-refractivity contribution is 7.92. The predicted octanol–water partition coefficient (Wildman–Crippen LogP) is 3.36. The monoisotopic (exact) mass is 358 g/mol. The van der Waals surface area contributed by atoms with Crippen LogP contribution < -0.4 is 9.62 Å². The first-order valence-corrected chi connectivity index (χ1v) is 9.75. The van der Waals surface area contributed by atoms with Gasteiger partial charge in [0.15, 0.2) is 0 Å². The molecule has 1 aliphatic heterocycles. The van der Waals surface area contributed by atoms with Gasteiger partial charge in [0.05, 0.1) is 18.1 Å². The number of anilines is 2. The maximum atomic E-state index is 12.6. The highest BCUT2D eigenvalue weighted by Crippen LogP contribution is 2.22. The first-order valence-electron chi connectivity index (χ1n) is 8.27. The first kappa shape index (κ1) is 17.5. The Labute approximate surface area is 149 Å². The van der Waals surface area contributed by atoms with E-state index >= 15 is 0 Å². The molecule has 2 aromatic carbocycles. The quantitative estimate of drug-likeness (QED) is 0.890. The summed E-state index contributed by atoms with van der Waals surface area (Å²) in [5.74, 6) is 0. The van der Waals surface area contributed by atoms with Crippen LogP contribution >= 0.6 is 0 Å². The molecule has 0 radical (unpaired) electrons. The Bertz CT molecular complexity index is 839. The van der Waals surface area contributed by atoms with E-state index in [9.17, 15) is 8.42 Å². The Morgan fingerprint density at radius 3 is 2.48 bits per heavy atom. The van der Waals surface area contributed by atoms with Crippen LogP contribution in [-0.4, -0.2) is 34.7 Å². The lowest BCUT2D eigenvalue weighted by Gasteiger charge is -2.28. The Morgan fingerprint density at radius 1 is 1.08 bits per heavy atom. The van der Waals surface area contributed by atoms with E-state index in [0.717, 1.165) is 37.6 Å². The Hall–Kier alpha value is -2.31. The van der Waals surface area contributed by atoms with Crippen molar-refractivity contribution in [1.82, 2.24) is 0 Å². The SMILES string of the molecule is C/C=C/c1cccc(S(=O)(=O)Nc2ccc(N3CCOCC3)cc2)c1. The minimum Gasteiger partial charge on any atom is -0.378 e. The second-order valence-electron chi connectivity index (χ2n) is 5.82. The van der Waals surface area contributed by atoms with Crippen molar-refractivity contribution < 1.29 is 13.2 Å². The van der Waals surface area contributed by atoms with Crippen LogP contribution in [0.25, 0.3) is 6.08 Å². The van der Waals surface area contributed by atoms with Crippen molar-refractivity contribution in [3.63, 3.8) is 0 Å². The van der Waals surface area contributed by atoms with E-state index in [1.165, 1.54) is 0 Å². The topological polar surface area (TPSA) is 58.6 Å². The number of sulfonamides is 1. The fraction of sp³-hybridized carbons (Fsp3) is 0.263. The molecule has 5 nitrogen and oxygen atoms in total. The maximum Gasteiger partial charge on any atom is 0.261 e. The molecule has 1 heterocycles. The van der Waals surface area contributed by atoms with Crippen molar-refractivity contribution in [3.05, 3.63) is 60.2 Å². The molecule has 0 atom stereocenters. The molecule has 6 heteroatoms. The van der Waals surface area contributed by atoms with Crippen LogP contribution in [0.1, 0.15) is 12.5 Å². The fourth-order valence-electron chi connectivity index (χ4n) is 2.75. The summed E-state index contributed by atoms with van der Waals surface area (Å²) in [6, 6.07) is 14.3. The molecule has 0 unspecified atom stereocenters. The summed E-state index contributed by atoms with van der Waals surface area (Å²) in [5, 5.41) is 0. The number of nitrogens with one attached hydrogen (secondary N) is 1. The Kier molecular flexibility index (Phi) is 5.40. The highest BCUT2D eigenvalue weighted by Gasteiger charge is 2.15. The van der Waals surface area contributed by atoms with Crippen LogP contribution in [-0.2, 0) is 14.8 Å². The first-order chi connectivity index (χ1) is 12.1. The summed E-state index contributed by atoms with van der Waals surface area (Å²) >= 11 is 0. The summed E-state index contributed by atoms with van der Waals surface area (Å²) in [6.07, 6.45) is 3.75. The van der Waals surface area contributed by atoms with Crippen LogP contribution in [0.2, 0.25) is 0 Å². The predicted molar refractivity (Wildman–Crippen MR) is 101 cm³/mol. The average Bonchev–Trinajstić information content (AvgIpc) is 2.63. The van der Waals surface area contributed by atoms with E-state index in [0.29, 0.717) is 5.69 Å². The van der Waals surface area contributed by atoms with Gasteiger partial charge in [-0.3, -0.25) is 4.72 Å². The molecule has 1 fully saturated rings. The zero-order chi connectivity index (χ0) is 17.7. The highest BCUT2D eigenvalue weighted by atomic mass is 32.2. The van der Waals surface area contributed by atoms with Crippen molar-refractivity contribution in [2.24, 2.45) is 0 Å². The number of rotatable bonds is 5. The number of morpholine rings is 1. The fourth-order valence-corrected chi connectivity index (χ4v) is 3.87. The number of ether oxygens (including phenoxy) is 1. The van der Waals surface area contributed by atoms with Crippen molar-refractivity contribution in [3.8, 4) is 0 Å². The molecule has 0 aromatic heterocycles. The van der Waals surface area contributed by atoms with Gasteiger partial charge in [0.1, 0.15) is 0 Å². The number of nitrogens with zero attached hydrogens (tertiary/aromatic N) is 1. The molecular formula is C19H22N2O3S. The van der Waals surface area contributed by atoms with Gasteiger partial charge < -0.3 is 9.64 Å². The lowest BCUT2D eigenvalue weighted by molar-refractivity contribution is 0.122. The molecule has 1 aliphatic rings. The van der Waals surface area contributed by atoms with Crippen molar-refractivity contribution >= 4 is 27.5 Å². The summed E-state index contributed by atoms with van der Waals surface area (Å²) in [6.45, 7) is 5.04. The van der Waals surface area contributed by atoms with Gasteiger partial charge in [0, 0.05) is 24.5 Å². The van der Waals surface area contributed by atoms with E-state index in [1.54, 1.807) is 30.3 Å². The molecule has 0 saturated carbocycles. The lowest BCUT2D eigenvalue weighted by Crippen LogP contribution is -2.36. The van der Waals surface area contributed by atoms with E-state index in [1.807, 2.05) is 37.3 Å². The molecule has 0 aliphatic carbocycles. The lowest BCUT2D eigenvalue weighted by atomic mass is 10.2. The minimum absolute atomic E-state index is 0.250. The standard InChI is InChI=1S/C19H22N2O3S/c1-2-4-16-5-3-6-19(15-16)25(22,23)20-17-7-9-18(10-8-17)21-11-13-24-14-12-21/h2-10,15,20H,11-14H2,1H3/b4-2+. The Balaban J connectivity index is 1.75. The second-order valence-corrected chi connectivity index (χ2v) is 7.51. The zero-order valence-corrected chi connectivity index (χ0v) is 15.0. The van der Waals surface area contributed by atoms with Crippen LogP contribution in [0.3, 0.4) is 0 Å².